The summed E-state index contributed by atoms with van der Waals surface area (Å²) in [4.78, 5) is 6.46. The molecular formula is C15H22N6O2. The largest absolute Gasteiger partial charge is 0.493 e. The molecule has 0 spiro atoms. The Bertz CT molecular complexity index is 635. The number of nitrogens with zero attached hydrogens (tertiary/aromatic N) is 4. The van der Waals surface area contributed by atoms with Crippen LogP contribution < -0.4 is 20.1 Å². The third-order valence-electron chi connectivity index (χ3n) is 3.06. The van der Waals surface area contributed by atoms with Crippen LogP contribution >= 0.6 is 0 Å². The zero-order chi connectivity index (χ0) is 16.7. The molecule has 0 aliphatic heterocycles. The van der Waals surface area contributed by atoms with E-state index in [1.54, 1.807) is 20.4 Å². The highest BCUT2D eigenvalue weighted by Gasteiger charge is 2.06. The van der Waals surface area contributed by atoms with Gasteiger partial charge >= 0.3 is 0 Å². The summed E-state index contributed by atoms with van der Waals surface area (Å²) < 4.78 is 10.5. The number of nitrogens with one attached hydrogen (secondary N) is 2. The van der Waals surface area contributed by atoms with Gasteiger partial charge in [0.1, 0.15) is 0 Å². The summed E-state index contributed by atoms with van der Waals surface area (Å²) >= 11 is 0. The van der Waals surface area contributed by atoms with Crippen molar-refractivity contribution in [3.8, 4) is 11.5 Å². The molecule has 0 radical (unpaired) electrons. The molecule has 0 unspecified atom stereocenters. The molecule has 124 valence electrons. The topological polar surface area (TPSA) is 84.4 Å². The number of hydrogen-bond donors (Lipinski definition) is 2. The minimum absolute atomic E-state index is 0.409. The monoisotopic (exact) mass is 318 g/mol. The number of hydrogen-bond acceptors (Lipinski definition) is 8. The van der Waals surface area contributed by atoms with Crippen LogP contribution in [0.2, 0.25) is 0 Å². The second-order valence-electron chi connectivity index (χ2n) is 5.09. The van der Waals surface area contributed by atoms with Gasteiger partial charge in [0.05, 0.1) is 20.4 Å². The van der Waals surface area contributed by atoms with E-state index in [4.69, 9.17) is 9.47 Å². The second kappa shape index (κ2) is 8.14. The number of benzene rings is 1. The van der Waals surface area contributed by atoms with Gasteiger partial charge < -0.3 is 25.0 Å². The minimum atomic E-state index is 0.409. The van der Waals surface area contributed by atoms with Crippen molar-refractivity contribution in [2.45, 2.75) is 0 Å². The van der Waals surface area contributed by atoms with E-state index in [9.17, 15) is 0 Å². The standard InChI is InChI=1S/C15H22N6O2/c1-21(2)8-7-16-14-10-17-20-15(19-14)18-11-5-6-12(22-3)13(9-11)23-4/h5-6,9-10H,7-8H2,1-4H3,(H2,16,18,19,20). The molecule has 1 aromatic heterocycles. The molecule has 2 aromatic rings. The van der Waals surface area contributed by atoms with Crippen molar-refractivity contribution in [1.82, 2.24) is 20.1 Å². The maximum Gasteiger partial charge on any atom is 0.249 e. The lowest BCUT2D eigenvalue weighted by Crippen LogP contribution is -2.21. The summed E-state index contributed by atoms with van der Waals surface area (Å²) in [6.45, 7) is 1.68. The van der Waals surface area contributed by atoms with Gasteiger partial charge in [-0.05, 0) is 26.2 Å². The third-order valence-corrected chi connectivity index (χ3v) is 3.06. The summed E-state index contributed by atoms with van der Waals surface area (Å²) in [6.07, 6.45) is 1.59. The summed E-state index contributed by atoms with van der Waals surface area (Å²) in [7, 11) is 7.23. The van der Waals surface area contributed by atoms with Gasteiger partial charge in [0.2, 0.25) is 5.95 Å². The van der Waals surface area contributed by atoms with Gasteiger partial charge in [0.15, 0.2) is 17.3 Å². The van der Waals surface area contributed by atoms with Crippen LogP contribution in [0.5, 0.6) is 11.5 Å². The fraction of sp³-hybridized carbons (Fsp3) is 0.400. The minimum Gasteiger partial charge on any atom is -0.493 e. The molecule has 8 nitrogen and oxygen atoms in total. The molecule has 2 N–H and O–H groups in total. The highest BCUT2D eigenvalue weighted by molar-refractivity contribution is 5.60. The first-order chi connectivity index (χ1) is 11.1. The van der Waals surface area contributed by atoms with Crippen LogP contribution in [-0.4, -0.2) is 61.5 Å². The van der Waals surface area contributed by atoms with Gasteiger partial charge in [-0.1, -0.05) is 0 Å². The maximum absolute atomic E-state index is 5.28. The summed E-state index contributed by atoms with van der Waals surface area (Å²) in [5.41, 5.74) is 0.787. The first-order valence-corrected chi connectivity index (χ1v) is 7.19. The smallest absolute Gasteiger partial charge is 0.249 e. The van der Waals surface area contributed by atoms with Crippen molar-refractivity contribution in [3.05, 3.63) is 24.4 Å². The molecule has 2 rings (SSSR count). The maximum atomic E-state index is 5.28. The van der Waals surface area contributed by atoms with Crippen molar-refractivity contribution in [1.29, 1.82) is 0 Å². The average Bonchev–Trinajstić information content (AvgIpc) is 2.54. The second-order valence-corrected chi connectivity index (χ2v) is 5.09. The van der Waals surface area contributed by atoms with E-state index in [0.717, 1.165) is 18.8 Å². The molecule has 23 heavy (non-hydrogen) atoms. The summed E-state index contributed by atoms with van der Waals surface area (Å²) in [5.74, 6) is 2.37. The number of ether oxygens (including phenoxy) is 2. The van der Waals surface area contributed by atoms with E-state index in [2.05, 4.69) is 30.7 Å². The molecule has 0 aliphatic carbocycles. The number of aromatic nitrogens is 3. The van der Waals surface area contributed by atoms with E-state index in [0.29, 0.717) is 23.3 Å². The van der Waals surface area contributed by atoms with Crippen LogP contribution in [0.15, 0.2) is 24.4 Å². The zero-order valence-electron chi connectivity index (χ0n) is 13.8. The molecule has 0 fully saturated rings. The predicted molar refractivity (Wildman–Crippen MR) is 89.7 cm³/mol. The van der Waals surface area contributed by atoms with Crippen LogP contribution in [0, 0.1) is 0 Å². The molecule has 0 bridgehead atoms. The van der Waals surface area contributed by atoms with Crippen LogP contribution in [-0.2, 0) is 0 Å². The Morgan fingerprint density at radius 3 is 2.61 bits per heavy atom. The Kier molecular flexibility index (Phi) is 5.93. The highest BCUT2D eigenvalue weighted by Crippen LogP contribution is 2.30. The summed E-state index contributed by atoms with van der Waals surface area (Å²) in [6, 6.07) is 5.49. The third kappa shape index (κ3) is 4.96. The lowest BCUT2D eigenvalue weighted by Gasteiger charge is -2.12. The fourth-order valence-corrected chi connectivity index (χ4v) is 1.89. The van der Waals surface area contributed by atoms with Crippen molar-refractivity contribution in [2.75, 3.05) is 52.0 Å². The highest BCUT2D eigenvalue weighted by atomic mass is 16.5. The van der Waals surface area contributed by atoms with Gasteiger partial charge in [0, 0.05) is 24.8 Å². The fourth-order valence-electron chi connectivity index (χ4n) is 1.89. The lowest BCUT2D eigenvalue weighted by molar-refractivity contribution is 0.355. The lowest BCUT2D eigenvalue weighted by atomic mass is 10.3. The van der Waals surface area contributed by atoms with E-state index >= 15 is 0 Å². The number of methoxy groups -OCH3 is 2. The Labute approximate surface area is 135 Å². The van der Waals surface area contributed by atoms with Gasteiger partial charge in [-0.2, -0.15) is 10.1 Å². The number of likely N-dealkylation sites (N-methyl/N-ethyl adjacent to an activating group) is 1. The molecule has 8 heteroatoms. The Morgan fingerprint density at radius 1 is 1.13 bits per heavy atom. The van der Waals surface area contributed by atoms with Gasteiger partial charge in [-0.15, -0.1) is 5.10 Å². The van der Waals surface area contributed by atoms with Crippen molar-refractivity contribution in [2.24, 2.45) is 0 Å². The molecule has 0 atom stereocenters. The molecule has 0 amide bonds. The van der Waals surface area contributed by atoms with Crippen LogP contribution in [0.25, 0.3) is 0 Å². The molecular weight excluding hydrogens is 296 g/mol. The van der Waals surface area contributed by atoms with Crippen molar-refractivity contribution >= 4 is 17.5 Å². The number of anilines is 3. The Morgan fingerprint density at radius 2 is 1.91 bits per heavy atom. The average molecular weight is 318 g/mol. The quantitative estimate of drug-likeness (QED) is 0.759. The van der Waals surface area contributed by atoms with E-state index in [1.807, 2.05) is 32.3 Å². The van der Waals surface area contributed by atoms with Crippen molar-refractivity contribution in [3.63, 3.8) is 0 Å². The van der Waals surface area contributed by atoms with Gasteiger partial charge in [-0.3, -0.25) is 0 Å². The normalized spacial score (nSPS) is 10.5. The van der Waals surface area contributed by atoms with E-state index in [-0.39, 0.29) is 0 Å². The Balaban J connectivity index is 2.05. The van der Waals surface area contributed by atoms with Crippen molar-refractivity contribution < 1.29 is 9.47 Å². The zero-order valence-corrected chi connectivity index (χ0v) is 13.8. The van der Waals surface area contributed by atoms with Gasteiger partial charge in [-0.25, -0.2) is 0 Å². The molecule has 1 heterocycles. The van der Waals surface area contributed by atoms with Crippen LogP contribution in [0.3, 0.4) is 0 Å². The molecule has 0 saturated carbocycles. The van der Waals surface area contributed by atoms with Crippen LogP contribution in [0.4, 0.5) is 17.5 Å². The first kappa shape index (κ1) is 16.8. The van der Waals surface area contributed by atoms with E-state index < -0.39 is 0 Å². The SMILES string of the molecule is COc1ccc(Nc2nncc(NCCN(C)C)n2)cc1OC. The Hall–Kier alpha value is -2.61. The van der Waals surface area contributed by atoms with Crippen LogP contribution in [0.1, 0.15) is 0 Å². The summed E-state index contributed by atoms with van der Waals surface area (Å²) in [5, 5.41) is 14.2. The van der Waals surface area contributed by atoms with Gasteiger partial charge in [0.25, 0.3) is 0 Å². The first-order valence-electron chi connectivity index (χ1n) is 7.19. The number of rotatable bonds is 8. The molecule has 0 aliphatic rings. The predicted octanol–water partition coefficient (Wildman–Crippen LogP) is 1.61. The molecule has 0 saturated heterocycles. The van der Waals surface area contributed by atoms with E-state index in [1.165, 1.54) is 0 Å². The molecule has 1 aromatic carbocycles.